The van der Waals surface area contributed by atoms with E-state index >= 15 is 0 Å². The Balaban J connectivity index is 2.39. The van der Waals surface area contributed by atoms with Gasteiger partial charge in [-0.25, -0.2) is 0 Å². The molecule has 0 spiro atoms. The second-order valence-electron chi connectivity index (χ2n) is 3.43. The Bertz CT molecular complexity index is 309. The van der Waals surface area contributed by atoms with E-state index in [0.29, 0.717) is 6.42 Å². The predicted molar refractivity (Wildman–Crippen MR) is 59.0 cm³/mol. The van der Waals surface area contributed by atoms with Gasteiger partial charge >= 0.3 is 0 Å². The molecule has 1 amide bonds. The maximum absolute atomic E-state index is 10.5. The van der Waals surface area contributed by atoms with Crippen molar-refractivity contribution >= 4 is 17.2 Å². The lowest BCUT2D eigenvalue weighted by Gasteiger charge is -2.09. The third kappa shape index (κ3) is 3.12. The molecule has 0 saturated heterocycles. The number of hydrogen-bond donors (Lipinski definition) is 2. The van der Waals surface area contributed by atoms with Gasteiger partial charge in [-0.15, -0.1) is 11.3 Å². The Labute approximate surface area is 88.1 Å². The molecule has 0 saturated carbocycles. The van der Waals surface area contributed by atoms with Crippen LogP contribution in [0, 0.1) is 6.92 Å². The second kappa shape index (κ2) is 5.12. The summed E-state index contributed by atoms with van der Waals surface area (Å²) in [5.41, 5.74) is 12.3. The van der Waals surface area contributed by atoms with Gasteiger partial charge in [0, 0.05) is 17.3 Å². The molecule has 0 aliphatic heterocycles. The van der Waals surface area contributed by atoms with Crippen LogP contribution in [0.25, 0.3) is 0 Å². The molecule has 0 aromatic carbocycles. The van der Waals surface area contributed by atoms with E-state index in [1.807, 2.05) is 5.38 Å². The normalized spacial score (nSPS) is 12.7. The molecule has 1 atom stereocenters. The molecule has 14 heavy (non-hydrogen) atoms. The Kier molecular flexibility index (Phi) is 4.10. The lowest BCUT2D eigenvalue weighted by atomic mass is 10.1. The first-order valence-electron chi connectivity index (χ1n) is 4.69. The van der Waals surface area contributed by atoms with Crippen molar-refractivity contribution in [3.63, 3.8) is 0 Å². The molecule has 4 heteroatoms. The van der Waals surface area contributed by atoms with Gasteiger partial charge in [-0.2, -0.15) is 0 Å². The molecule has 3 nitrogen and oxygen atoms in total. The molecule has 0 aliphatic rings. The van der Waals surface area contributed by atoms with E-state index in [1.54, 1.807) is 11.3 Å². The number of thiophene rings is 1. The van der Waals surface area contributed by atoms with Crippen molar-refractivity contribution in [1.82, 2.24) is 0 Å². The zero-order valence-electron chi connectivity index (χ0n) is 8.32. The maximum Gasteiger partial charge on any atom is 0.217 e. The quantitative estimate of drug-likeness (QED) is 0.780. The number of carbonyl (C=O) groups is 1. The summed E-state index contributed by atoms with van der Waals surface area (Å²) in [6.07, 6.45) is 2.02. The van der Waals surface area contributed by atoms with Gasteiger partial charge in [-0.3, -0.25) is 4.79 Å². The van der Waals surface area contributed by atoms with Crippen LogP contribution < -0.4 is 11.5 Å². The highest BCUT2D eigenvalue weighted by Crippen LogP contribution is 2.25. The molecular formula is C10H16N2OS. The van der Waals surface area contributed by atoms with E-state index in [2.05, 4.69) is 13.0 Å². The van der Waals surface area contributed by atoms with Gasteiger partial charge in [-0.05, 0) is 36.8 Å². The van der Waals surface area contributed by atoms with E-state index in [4.69, 9.17) is 11.5 Å². The van der Waals surface area contributed by atoms with Crippen molar-refractivity contribution in [3.8, 4) is 0 Å². The summed E-state index contributed by atoms with van der Waals surface area (Å²) in [6, 6.07) is 2.11. The highest BCUT2D eigenvalue weighted by atomic mass is 32.1. The van der Waals surface area contributed by atoms with E-state index < -0.39 is 0 Å². The van der Waals surface area contributed by atoms with Gasteiger partial charge in [-0.1, -0.05) is 0 Å². The van der Waals surface area contributed by atoms with Crippen LogP contribution in [0.15, 0.2) is 11.4 Å². The molecule has 0 bridgehead atoms. The van der Waals surface area contributed by atoms with Gasteiger partial charge in [0.25, 0.3) is 0 Å². The van der Waals surface area contributed by atoms with Crippen LogP contribution in [0.1, 0.15) is 35.7 Å². The minimum absolute atomic E-state index is 0.0503. The van der Waals surface area contributed by atoms with Crippen LogP contribution in [0.3, 0.4) is 0 Å². The Hall–Kier alpha value is -0.870. The van der Waals surface area contributed by atoms with E-state index in [1.165, 1.54) is 10.4 Å². The molecule has 1 unspecified atom stereocenters. The van der Waals surface area contributed by atoms with E-state index in [-0.39, 0.29) is 11.9 Å². The average Bonchev–Trinajstić information content (AvgIpc) is 2.50. The van der Waals surface area contributed by atoms with Crippen molar-refractivity contribution in [2.24, 2.45) is 11.5 Å². The number of carbonyl (C=O) groups excluding carboxylic acids is 1. The molecule has 78 valence electrons. The summed E-state index contributed by atoms with van der Waals surface area (Å²) in [6.45, 7) is 2.06. The third-order valence-electron chi connectivity index (χ3n) is 2.18. The SMILES string of the molecule is Cc1ccsc1C(N)CCCC(N)=O. The lowest BCUT2D eigenvalue weighted by Crippen LogP contribution is -2.13. The standard InChI is InChI=1S/C10H16N2OS/c1-7-5-6-14-10(7)8(11)3-2-4-9(12)13/h5-6,8H,2-4,11H2,1H3,(H2,12,13). The lowest BCUT2D eigenvalue weighted by molar-refractivity contribution is -0.118. The number of rotatable bonds is 5. The topological polar surface area (TPSA) is 69.1 Å². The average molecular weight is 212 g/mol. The molecule has 4 N–H and O–H groups in total. The number of nitrogens with two attached hydrogens (primary N) is 2. The fraction of sp³-hybridized carbons (Fsp3) is 0.500. The van der Waals surface area contributed by atoms with Crippen molar-refractivity contribution in [2.75, 3.05) is 0 Å². The first-order chi connectivity index (χ1) is 6.61. The zero-order chi connectivity index (χ0) is 10.6. The summed E-state index contributed by atoms with van der Waals surface area (Å²) in [7, 11) is 0. The van der Waals surface area contributed by atoms with Crippen LogP contribution in [0.2, 0.25) is 0 Å². The Morgan fingerprint density at radius 3 is 2.86 bits per heavy atom. The van der Waals surface area contributed by atoms with Crippen LogP contribution in [0.5, 0.6) is 0 Å². The molecular weight excluding hydrogens is 196 g/mol. The number of hydrogen-bond acceptors (Lipinski definition) is 3. The van der Waals surface area contributed by atoms with E-state index in [0.717, 1.165) is 12.8 Å². The minimum Gasteiger partial charge on any atom is -0.370 e. The third-order valence-corrected chi connectivity index (χ3v) is 3.33. The van der Waals surface area contributed by atoms with Crippen molar-refractivity contribution in [2.45, 2.75) is 32.2 Å². The largest absolute Gasteiger partial charge is 0.370 e. The van der Waals surface area contributed by atoms with Crippen molar-refractivity contribution in [3.05, 3.63) is 21.9 Å². The molecule has 1 aromatic rings. The number of amides is 1. The van der Waals surface area contributed by atoms with Gasteiger partial charge < -0.3 is 11.5 Å². The molecule has 1 heterocycles. The summed E-state index contributed by atoms with van der Waals surface area (Å²) in [5, 5.41) is 2.04. The van der Waals surface area contributed by atoms with Crippen LogP contribution in [-0.4, -0.2) is 5.91 Å². The summed E-state index contributed by atoms with van der Waals surface area (Å²) >= 11 is 1.68. The summed E-state index contributed by atoms with van der Waals surface area (Å²) in [5.74, 6) is -0.250. The highest BCUT2D eigenvalue weighted by Gasteiger charge is 2.10. The zero-order valence-corrected chi connectivity index (χ0v) is 9.14. The fourth-order valence-corrected chi connectivity index (χ4v) is 2.36. The number of primary amides is 1. The van der Waals surface area contributed by atoms with Gasteiger partial charge in [0.2, 0.25) is 5.91 Å². The van der Waals surface area contributed by atoms with Crippen LogP contribution in [0.4, 0.5) is 0 Å². The van der Waals surface area contributed by atoms with Crippen LogP contribution in [-0.2, 0) is 4.79 Å². The first kappa shape index (κ1) is 11.2. The monoisotopic (exact) mass is 212 g/mol. The predicted octanol–water partition coefficient (Wildman–Crippen LogP) is 1.71. The van der Waals surface area contributed by atoms with Crippen molar-refractivity contribution in [1.29, 1.82) is 0 Å². The Morgan fingerprint density at radius 1 is 1.64 bits per heavy atom. The van der Waals surface area contributed by atoms with Gasteiger partial charge in [0.05, 0.1) is 0 Å². The summed E-state index contributed by atoms with van der Waals surface area (Å²) in [4.78, 5) is 11.7. The number of aryl methyl sites for hydroxylation is 1. The van der Waals surface area contributed by atoms with Gasteiger partial charge in [0.1, 0.15) is 0 Å². The van der Waals surface area contributed by atoms with Crippen LogP contribution >= 0.6 is 11.3 Å². The Morgan fingerprint density at radius 2 is 2.36 bits per heavy atom. The fourth-order valence-electron chi connectivity index (χ4n) is 1.39. The molecule has 0 aliphatic carbocycles. The first-order valence-corrected chi connectivity index (χ1v) is 5.57. The smallest absolute Gasteiger partial charge is 0.217 e. The van der Waals surface area contributed by atoms with Gasteiger partial charge in [0.15, 0.2) is 0 Å². The maximum atomic E-state index is 10.5. The molecule has 0 radical (unpaired) electrons. The van der Waals surface area contributed by atoms with E-state index in [9.17, 15) is 4.79 Å². The second-order valence-corrected chi connectivity index (χ2v) is 4.38. The minimum atomic E-state index is -0.250. The molecule has 0 fully saturated rings. The summed E-state index contributed by atoms with van der Waals surface area (Å²) < 4.78 is 0. The van der Waals surface area contributed by atoms with Crippen molar-refractivity contribution < 1.29 is 4.79 Å². The highest BCUT2D eigenvalue weighted by molar-refractivity contribution is 7.10. The molecule has 1 rings (SSSR count). The molecule has 1 aromatic heterocycles.